The minimum absolute atomic E-state index is 0.0807. The van der Waals surface area contributed by atoms with Crippen LogP contribution in [0.3, 0.4) is 0 Å². The molecule has 1 spiro atoms. The largest absolute Gasteiger partial charge is 0.370 e. The molecule has 24 heavy (non-hydrogen) atoms. The summed E-state index contributed by atoms with van der Waals surface area (Å²) in [6, 6.07) is 0.296. The molecule has 6 nitrogen and oxygen atoms in total. The van der Waals surface area contributed by atoms with E-state index in [1.54, 1.807) is 10.9 Å². The number of hydrogen-bond donors (Lipinski definition) is 1. The van der Waals surface area contributed by atoms with Gasteiger partial charge < -0.3 is 9.64 Å². The summed E-state index contributed by atoms with van der Waals surface area (Å²) in [5, 5.41) is 6.34. The molecule has 6 heteroatoms. The normalized spacial score (nSPS) is 29.1. The van der Waals surface area contributed by atoms with E-state index in [4.69, 9.17) is 4.74 Å². The predicted molar refractivity (Wildman–Crippen MR) is 92.1 cm³/mol. The van der Waals surface area contributed by atoms with E-state index in [0.717, 1.165) is 32.5 Å². The third-order valence-electron chi connectivity index (χ3n) is 6.34. The fourth-order valence-electron chi connectivity index (χ4n) is 4.95. The predicted octanol–water partition coefficient (Wildman–Crippen LogP) is 2.48. The highest BCUT2D eigenvalue weighted by Crippen LogP contribution is 2.41. The van der Waals surface area contributed by atoms with Gasteiger partial charge in [0.05, 0.1) is 11.7 Å². The molecule has 4 rings (SSSR count). The molecule has 1 unspecified atom stereocenters. The third kappa shape index (κ3) is 3.45. The molecule has 2 aliphatic heterocycles. The van der Waals surface area contributed by atoms with Crippen molar-refractivity contribution in [3.8, 4) is 0 Å². The monoisotopic (exact) mass is 334 g/mol. The second-order valence-electron chi connectivity index (χ2n) is 7.98. The summed E-state index contributed by atoms with van der Waals surface area (Å²) in [5.74, 6) is 0. The second kappa shape index (κ2) is 7.00. The number of H-pyrrole nitrogens is 1. The Hall–Kier alpha value is -1.14. The molecule has 1 aromatic rings. The van der Waals surface area contributed by atoms with Gasteiger partial charge in [-0.2, -0.15) is 5.10 Å². The van der Waals surface area contributed by atoms with Gasteiger partial charge in [-0.1, -0.05) is 25.7 Å². The number of aromatic amines is 1. The summed E-state index contributed by atoms with van der Waals surface area (Å²) in [6.45, 7) is 3.17. The van der Waals surface area contributed by atoms with Crippen LogP contribution in [0.2, 0.25) is 0 Å². The van der Waals surface area contributed by atoms with Crippen molar-refractivity contribution >= 4 is 0 Å². The molecule has 0 amide bonds. The van der Waals surface area contributed by atoms with Gasteiger partial charge in [-0.25, -0.2) is 9.89 Å². The number of ether oxygens (including phenoxy) is 1. The van der Waals surface area contributed by atoms with Gasteiger partial charge in [0.2, 0.25) is 0 Å². The molecule has 0 bridgehead atoms. The van der Waals surface area contributed by atoms with E-state index in [1.807, 2.05) is 0 Å². The lowest BCUT2D eigenvalue weighted by Gasteiger charge is -2.34. The fraction of sp³-hybridized carbons (Fsp3) is 0.889. The third-order valence-corrected chi connectivity index (χ3v) is 6.34. The van der Waals surface area contributed by atoms with Gasteiger partial charge in [0.1, 0.15) is 6.33 Å². The van der Waals surface area contributed by atoms with Gasteiger partial charge in [0.25, 0.3) is 0 Å². The Balaban J connectivity index is 1.27. The van der Waals surface area contributed by atoms with Gasteiger partial charge in [0.15, 0.2) is 0 Å². The van der Waals surface area contributed by atoms with Gasteiger partial charge >= 0.3 is 5.69 Å². The van der Waals surface area contributed by atoms with Crippen molar-refractivity contribution in [2.24, 2.45) is 0 Å². The van der Waals surface area contributed by atoms with Crippen molar-refractivity contribution in [2.75, 3.05) is 19.6 Å². The average Bonchev–Trinajstić information content (AvgIpc) is 3.10. The molecular weight excluding hydrogens is 304 g/mol. The van der Waals surface area contributed by atoms with E-state index in [-0.39, 0.29) is 11.3 Å². The second-order valence-corrected chi connectivity index (χ2v) is 7.98. The van der Waals surface area contributed by atoms with E-state index in [0.29, 0.717) is 12.1 Å². The Labute approximate surface area is 143 Å². The van der Waals surface area contributed by atoms with Crippen LogP contribution in [0.5, 0.6) is 0 Å². The summed E-state index contributed by atoms with van der Waals surface area (Å²) in [4.78, 5) is 14.2. The smallest absolute Gasteiger partial charge is 0.343 e. The van der Waals surface area contributed by atoms with Gasteiger partial charge in [-0.3, -0.25) is 4.57 Å². The van der Waals surface area contributed by atoms with Crippen LogP contribution in [-0.2, 0) is 4.74 Å². The quantitative estimate of drug-likeness (QED) is 0.922. The Morgan fingerprint density at radius 2 is 1.88 bits per heavy atom. The maximum absolute atomic E-state index is 11.7. The van der Waals surface area contributed by atoms with E-state index in [9.17, 15) is 4.79 Å². The van der Waals surface area contributed by atoms with Crippen LogP contribution in [0.25, 0.3) is 0 Å². The lowest BCUT2D eigenvalue weighted by Crippen LogP contribution is -2.41. The zero-order valence-electron chi connectivity index (χ0n) is 14.6. The zero-order valence-corrected chi connectivity index (χ0v) is 14.6. The van der Waals surface area contributed by atoms with Crippen LogP contribution >= 0.6 is 0 Å². The Bertz CT molecular complexity index is 580. The Morgan fingerprint density at radius 1 is 1.12 bits per heavy atom. The Morgan fingerprint density at radius 3 is 2.54 bits per heavy atom. The van der Waals surface area contributed by atoms with Crippen molar-refractivity contribution in [3.05, 3.63) is 16.8 Å². The number of nitrogens with zero attached hydrogens (tertiary/aromatic N) is 3. The highest BCUT2D eigenvalue weighted by Gasteiger charge is 2.40. The average molecular weight is 334 g/mol. The molecule has 1 aromatic heterocycles. The number of likely N-dealkylation sites (tertiary alicyclic amines) is 1. The summed E-state index contributed by atoms with van der Waals surface area (Å²) in [5.41, 5.74) is 0.131. The number of rotatable bonds is 3. The molecule has 0 radical (unpaired) electrons. The summed E-state index contributed by atoms with van der Waals surface area (Å²) in [7, 11) is 0. The maximum atomic E-state index is 11.7. The maximum Gasteiger partial charge on any atom is 0.343 e. The van der Waals surface area contributed by atoms with Crippen LogP contribution in [0.4, 0.5) is 0 Å². The van der Waals surface area contributed by atoms with Crippen molar-refractivity contribution in [2.45, 2.75) is 82.0 Å². The number of nitrogens with one attached hydrogen (secondary N) is 1. The summed E-state index contributed by atoms with van der Waals surface area (Å²) >= 11 is 0. The van der Waals surface area contributed by atoms with E-state index in [1.165, 1.54) is 51.4 Å². The first kappa shape index (κ1) is 16.3. The number of piperidine rings is 1. The molecule has 0 aromatic carbocycles. The van der Waals surface area contributed by atoms with Crippen LogP contribution in [-0.4, -0.2) is 51.0 Å². The molecule has 3 fully saturated rings. The van der Waals surface area contributed by atoms with E-state index < -0.39 is 0 Å². The van der Waals surface area contributed by atoms with Crippen LogP contribution in [0.1, 0.15) is 70.3 Å². The van der Waals surface area contributed by atoms with Crippen molar-refractivity contribution in [3.63, 3.8) is 0 Å². The first-order valence-electron chi connectivity index (χ1n) is 9.76. The van der Waals surface area contributed by atoms with Gasteiger partial charge in [-0.05, 0) is 38.5 Å². The van der Waals surface area contributed by atoms with Crippen LogP contribution < -0.4 is 5.69 Å². The molecule has 3 aliphatic rings. The van der Waals surface area contributed by atoms with Crippen molar-refractivity contribution in [1.82, 2.24) is 19.7 Å². The molecule has 134 valence electrons. The van der Waals surface area contributed by atoms with Gasteiger partial charge in [-0.15, -0.1) is 0 Å². The highest BCUT2D eigenvalue weighted by atomic mass is 16.5. The van der Waals surface area contributed by atoms with Crippen LogP contribution in [0.15, 0.2) is 11.1 Å². The van der Waals surface area contributed by atoms with Crippen LogP contribution in [0, 0.1) is 0 Å². The molecule has 1 saturated carbocycles. The minimum atomic E-state index is -0.0807. The highest BCUT2D eigenvalue weighted by molar-refractivity contribution is 4.92. The molecule has 1 atom stereocenters. The lowest BCUT2D eigenvalue weighted by atomic mass is 9.91. The van der Waals surface area contributed by atoms with Gasteiger partial charge in [0, 0.05) is 25.7 Å². The molecule has 1 N–H and O–H groups in total. The Kier molecular flexibility index (Phi) is 4.77. The fourth-order valence-corrected chi connectivity index (χ4v) is 4.95. The SMILES string of the molecule is O=c1[nH]ncn1C1CCN(CC2CCC3(CCCCCC3)O2)CC1. The molecule has 1 aliphatic carbocycles. The van der Waals surface area contributed by atoms with E-state index in [2.05, 4.69) is 15.1 Å². The first-order chi connectivity index (χ1) is 11.7. The molecular formula is C18H30N4O2. The molecule has 2 saturated heterocycles. The van der Waals surface area contributed by atoms with Crippen molar-refractivity contribution < 1.29 is 4.74 Å². The number of aromatic nitrogens is 3. The topological polar surface area (TPSA) is 63.2 Å². The first-order valence-corrected chi connectivity index (χ1v) is 9.76. The minimum Gasteiger partial charge on any atom is -0.370 e. The zero-order chi connectivity index (χ0) is 16.4. The van der Waals surface area contributed by atoms with E-state index >= 15 is 0 Å². The summed E-state index contributed by atoms with van der Waals surface area (Å²) in [6.07, 6.45) is 14.6. The lowest BCUT2D eigenvalue weighted by molar-refractivity contribution is -0.0623. The summed E-state index contributed by atoms with van der Waals surface area (Å²) < 4.78 is 8.33. The number of hydrogen-bond acceptors (Lipinski definition) is 4. The molecule has 3 heterocycles. The van der Waals surface area contributed by atoms with Crippen molar-refractivity contribution in [1.29, 1.82) is 0 Å². The standard InChI is InChI=1S/C18H30N4O2/c23-17-20-19-14-22(17)15-6-11-21(12-7-15)13-16-5-10-18(24-16)8-3-1-2-4-9-18/h14-16H,1-13H2,(H,20,23).